The summed E-state index contributed by atoms with van der Waals surface area (Å²) in [5.74, 6) is 0.701. The van der Waals surface area contributed by atoms with E-state index in [1.165, 1.54) is 6.42 Å². The van der Waals surface area contributed by atoms with Crippen LogP contribution in [0.4, 0.5) is 5.69 Å². The van der Waals surface area contributed by atoms with Crippen molar-refractivity contribution in [3.05, 3.63) is 29.8 Å². The summed E-state index contributed by atoms with van der Waals surface area (Å²) < 4.78 is 0. The van der Waals surface area contributed by atoms with Crippen molar-refractivity contribution in [2.75, 3.05) is 25.5 Å². The minimum absolute atomic E-state index is 0.193. The first-order chi connectivity index (χ1) is 8.58. The van der Waals surface area contributed by atoms with Crippen LogP contribution in [0.25, 0.3) is 0 Å². The third kappa shape index (κ3) is 3.03. The van der Waals surface area contributed by atoms with Crippen LogP contribution in [0.3, 0.4) is 0 Å². The molecule has 1 heterocycles. The second-order valence-corrected chi connectivity index (χ2v) is 5.62. The van der Waals surface area contributed by atoms with Gasteiger partial charge >= 0.3 is 0 Å². The van der Waals surface area contributed by atoms with Crippen molar-refractivity contribution in [3.8, 4) is 0 Å². The molecular weight excluding hydrogens is 224 g/mol. The number of nitrogens with one attached hydrogen (secondary N) is 1. The fourth-order valence-electron chi connectivity index (χ4n) is 2.59. The first-order valence-electron chi connectivity index (χ1n) is 6.76. The molecule has 0 amide bonds. The Bertz CT molecular complexity index is 375. The summed E-state index contributed by atoms with van der Waals surface area (Å²) in [5.41, 5.74) is 2.17. The topological polar surface area (TPSA) is 35.5 Å². The lowest BCUT2D eigenvalue weighted by Crippen LogP contribution is -2.41. The number of aliphatic hydroxyl groups is 1. The lowest BCUT2D eigenvalue weighted by Gasteiger charge is -2.32. The lowest BCUT2D eigenvalue weighted by atomic mass is 9.89. The van der Waals surface area contributed by atoms with E-state index in [1.807, 2.05) is 26.2 Å². The van der Waals surface area contributed by atoms with Crippen LogP contribution in [-0.2, 0) is 0 Å². The van der Waals surface area contributed by atoms with E-state index >= 15 is 0 Å². The van der Waals surface area contributed by atoms with Crippen molar-refractivity contribution in [2.24, 2.45) is 5.92 Å². The van der Waals surface area contributed by atoms with Crippen LogP contribution >= 0.6 is 0 Å². The van der Waals surface area contributed by atoms with E-state index in [9.17, 15) is 5.11 Å². The summed E-state index contributed by atoms with van der Waals surface area (Å²) >= 11 is 0. The molecule has 1 saturated heterocycles. The summed E-state index contributed by atoms with van der Waals surface area (Å²) in [7, 11) is 4.05. The standard InChI is InChI=1S/C15H24N2O/c1-11-8-9-16-14(10-11)15(18)12-4-6-13(7-5-12)17(2)3/h4-7,11,14-16,18H,8-10H2,1-3H3. The molecule has 1 aliphatic rings. The summed E-state index contributed by atoms with van der Waals surface area (Å²) in [5, 5.41) is 13.8. The zero-order valence-corrected chi connectivity index (χ0v) is 11.6. The van der Waals surface area contributed by atoms with Gasteiger partial charge in [-0.1, -0.05) is 19.1 Å². The molecule has 3 heteroatoms. The van der Waals surface area contributed by atoms with Gasteiger partial charge < -0.3 is 15.3 Å². The van der Waals surface area contributed by atoms with Crippen LogP contribution in [0, 0.1) is 5.92 Å². The van der Waals surface area contributed by atoms with Crippen molar-refractivity contribution < 1.29 is 5.11 Å². The molecule has 1 aliphatic heterocycles. The summed E-state index contributed by atoms with van der Waals surface area (Å²) in [4.78, 5) is 2.07. The number of anilines is 1. The predicted octanol–water partition coefficient (Wildman–Crippen LogP) is 2.17. The second-order valence-electron chi connectivity index (χ2n) is 5.62. The smallest absolute Gasteiger partial charge is 0.0943 e. The number of rotatable bonds is 3. The van der Waals surface area contributed by atoms with Crippen LogP contribution in [-0.4, -0.2) is 31.8 Å². The van der Waals surface area contributed by atoms with Crippen LogP contribution in [0.2, 0.25) is 0 Å². The van der Waals surface area contributed by atoms with E-state index in [0.717, 1.165) is 24.2 Å². The molecule has 1 aromatic rings. The van der Waals surface area contributed by atoms with Gasteiger partial charge in [0.1, 0.15) is 0 Å². The van der Waals surface area contributed by atoms with Crippen molar-refractivity contribution in [1.82, 2.24) is 5.32 Å². The van der Waals surface area contributed by atoms with E-state index in [0.29, 0.717) is 5.92 Å². The lowest BCUT2D eigenvalue weighted by molar-refractivity contribution is 0.101. The number of hydrogen-bond donors (Lipinski definition) is 2. The average molecular weight is 248 g/mol. The molecule has 0 bridgehead atoms. The maximum atomic E-state index is 10.4. The molecule has 3 nitrogen and oxygen atoms in total. The van der Waals surface area contributed by atoms with Gasteiger partial charge in [0.15, 0.2) is 0 Å². The summed E-state index contributed by atoms with van der Waals surface area (Å²) in [6.07, 6.45) is 1.86. The molecule has 0 radical (unpaired) electrons. The van der Waals surface area contributed by atoms with Gasteiger partial charge in [-0.2, -0.15) is 0 Å². The largest absolute Gasteiger partial charge is 0.387 e. The zero-order valence-electron chi connectivity index (χ0n) is 11.6. The SMILES string of the molecule is CC1CCNC(C(O)c2ccc(N(C)C)cc2)C1. The van der Waals surface area contributed by atoms with Gasteiger partial charge in [0.05, 0.1) is 6.10 Å². The molecular formula is C15H24N2O. The highest BCUT2D eigenvalue weighted by Crippen LogP contribution is 2.26. The molecule has 100 valence electrons. The second kappa shape index (κ2) is 5.72. The monoisotopic (exact) mass is 248 g/mol. The van der Waals surface area contributed by atoms with Gasteiger partial charge in [0.2, 0.25) is 0 Å². The molecule has 0 spiro atoms. The Kier molecular flexibility index (Phi) is 4.25. The number of benzene rings is 1. The Hall–Kier alpha value is -1.06. The van der Waals surface area contributed by atoms with Crippen molar-refractivity contribution >= 4 is 5.69 Å². The normalized spacial score (nSPS) is 25.8. The van der Waals surface area contributed by atoms with E-state index in [2.05, 4.69) is 29.3 Å². The average Bonchev–Trinajstić information content (AvgIpc) is 2.38. The van der Waals surface area contributed by atoms with Gasteiger partial charge in [0, 0.05) is 25.8 Å². The van der Waals surface area contributed by atoms with Crippen molar-refractivity contribution in [2.45, 2.75) is 31.9 Å². The van der Waals surface area contributed by atoms with Crippen LogP contribution in [0.15, 0.2) is 24.3 Å². The molecule has 18 heavy (non-hydrogen) atoms. The third-order valence-corrected chi connectivity index (χ3v) is 3.83. The first-order valence-corrected chi connectivity index (χ1v) is 6.76. The van der Waals surface area contributed by atoms with Gasteiger partial charge in [-0.3, -0.25) is 0 Å². The molecule has 0 aromatic heterocycles. The zero-order chi connectivity index (χ0) is 13.1. The number of piperidine rings is 1. The van der Waals surface area contributed by atoms with Gasteiger partial charge in [0.25, 0.3) is 0 Å². The van der Waals surface area contributed by atoms with E-state index in [4.69, 9.17) is 0 Å². The maximum absolute atomic E-state index is 10.4. The highest BCUT2D eigenvalue weighted by molar-refractivity contribution is 5.46. The summed E-state index contributed by atoms with van der Waals surface area (Å²) in [6, 6.07) is 8.37. The number of hydrogen-bond acceptors (Lipinski definition) is 3. The Morgan fingerprint density at radius 2 is 1.94 bits per heavy atom. The Morgan fingerprint density at radius 3 is 2.50 bits per heavy atom. The van der Waals surface area contributed by atoms with Gasteiger partial charge in [-0.15, -0.1) is 0 Å². The molecule has 3 unspecified atom stereocenters. The minimum Gasteiger partial charge on any atom is -0.387 e. The van der Waals surface area contributed by atoms with Gasteiger partial charge in [-0.05, 0) is 43.0 Å². The molecule has 1 fully saturated rings. The molecule has 0 aliphatic carbocycles. The first kappa shape index (κ1) is 13.4. The Morgan fingerprint density at radius 1 is 1.28 bits per heavy atom. The molecule has 2 N–H and O–H groups in total. The summed E-state index contributed by atoms with van der Waals surface area (Å²) in [6.45, 7) is 3.27. The Labute approximate surface area is 110 Å². The molecule has 3 atom stereocenters. The fraction of sp³-hybridized carbons (Fsp3) is 0.600. The Balaban J connectivity index is 2.05. The van der Waals surface area contributed by atoms with E-state index in [-0.39, 0.29) is 6.04 Å². The highest BCUT2D eigenvalue weighted by Gasteiger charge is 2.25. The van der Waals surface area contributed by atoms with Crippen molar-refractivity contribution in [3.63, 3.8) is 0 Å². The van der Waals surface area contributed by atoms with Crippen LogP contribution in [0.5, 0.6) is 0 Å². The van der Waals surface area contributed by atoms with E-state index in [1.54, 1.807) is 0 Å². The van der Waals surface area contributed by atoms with Gasteiger partial charge in [-0.25, -0.2) is 0 Å². The minimum atomic E-state index is -0.399. The maximum Gasteiger partial charge on any atom is 0.0943 e. The van der Waals surface area contributed by atoms with E-state index < -0.39 is 6.10 Å². The quantitative estimate of drug-likeness (QED) is 0.860. The molecule has 2 rings (SSSR count). The molecule has 0 saturated carbocycles. The number of aliphatic hydroxyl groups excluding tert-OH is 1. The van der Waals surface area contributed by atoms with Crippen LogP contribution < -0.4 is 10.2 Å². The van der Waals surface area contributed by atoms with Crippen LogP contribution in [0.1, 0.15) is 31.4 Å². The third-order valence-electron chi connectivity index (χ3n) is 3.83. The number of nitrogens with zero attached hydrogens (tertiary/aromatic N) is 1. The fourth-order valence-corrected chi connectivity index (χ4v) is 2.59. The molecule has 1 aromatic carbocycles. The predicted molar refractivity (Wildman–Crippen MR) is 75.9 cm³/mol. The highest BCUT2D eigenvalue weighted by atomic mass is 16.3. The van der Waals surface area contributed by atoms with Crippen molar-refractivity contribution in [1.29, 1.82) is 0 Å².